The van der Waals surface area contributed by atoms with Crippen molar-refractivity contribution in [3.63, 3.8) is 0 Å². The van der Waals surface area contributed by atoms with E-state index in [1.54, 1.807) is 37.5 Å². The number of alkyl carbamates (subject to hydrolysis) is 1. The highest BCUT2D eigenvalue weighted by Gasteiger charge is 2.56. The number of nitrogens with one attached hydrogen (secondary N) is 1. The van der Waals surface area contributed by atoms with Gasteiger partial charge in [0.05, 0.1) is 18.2 Å². The molecule has 204 valence electrons. The molecule has 3 amide bonds. The number of carbonyl (C=O) groups is 3. The Morgan fingerprint density at radius 3 is 2.47 bits per heavy atom. The lowest BCUT2D eigenvalue weighted by Gasteiger charge is -2.39. The van der Waals surface area contributed by atoms with Crippen molar-refractivity contribution in [2.45, 2.75) is 88.8 Å². The quantitative estimate of drug-likeness (QED) is 0.608. The summed E-state index contributed by atoms with van der Waals surface area (Å²) in [6.45, 7) is 7.46. The van der Waals surface area contributed by atoms with E-state index < -0.39 is 47.5 Å². The lowest BCUT2D eigenvalue weighted by molar-refractivity contribution is -0.141. The first-order valence-electron chi connectivity index (χ1n) is 13.1. The van der Waals surface area contributed by atoms with E-state index >= 15 is 0 Å². The zero-order valence-corrected chi connectivity index (χ0v) is 22.0. The van der Waals surface area contributed by atoms with Gasteiger partial charge in [0.15, 0.2) is 0 Å². The minimum absolute atomic E-state index is 0.00903. The maximum atomic E-state index is 13.8. The number of rotatable bonds is 6. The molecule has 1 unspecified atom stereocenters. The van der Waals surface area contributed by atoms with Crippen molar-refractivity contribution < 1.29 is 27.9 Å². The largest absolute Gasteiger partial charge is 0.444 e. The fourth-order valence-corrected chi connectivity index (χ4v) is 6.31. The van der Waals surface area contributed by atoms with Gasteiger partial charge in [-0.05, 0) is 70.6 Å². The molecule has 9 nitrogen and oxygen atoms in total. The van der Waals surface area contributed by atoms with Crippen LogP contribution in [0.1, 0.15) is 58.6 Å². The summed E-state index contributed by atoms with van der Waals surface area (Å²) in [5.74, 6) is -1.60. The van der Waals surface area contributed by atoms with Crippen LogP contribution in [-0.4, -0.2) is 81.5 Å². The molecule has 4 aliphatic rings. The number of ether oxygens (including phenoxy) is 1. The molecule has 1 saturated carbocycles. The van der Waals surface area contributed by atoms with Crippen molar-refractivity contribution in [1.82, 2.24) is 20.0 Å². The number of halogens is 2. The van der Waals surface area contributed by atoms with Crippen LogP contribution in [0.15, 0.2) is 18.2 Å². The Balaban J connectivity index is 1.31. The van der Waals surface area contributed by atoms with Gasteiger partial charge in [0.2, 0.25) is 11.8 Å². The molecular formula is C27H33F2N5O4. The second-order valence-corrected chi connectivity index (χ2v) is 11.9. The van der Waals surface area contributed by atoms with Crippen LogP contribution >= 0.6 is 0 Å². The van der Waals surface area contributed by atoms with Gasteiger partial charge in [-0.1, -0.05) is 0 Å². The van der Waals surface area contributed by atoms with Gasteiger partial charge in [-0.15, -0.1) is 0 Å². The van der Waals surface area contributed by atoms with Crippen molar-refractivity contribution in [3.05, 3.63) is 35.4 Å². The molecule has 3 saturated heterocycles. The third kappa shape index (κ3) is 4.94. The average molecular weight is 530 g/mol. The summed E-state index contributed by atoms with van der Waals surface area (Å²) in [5, 5.41) is 12.3. The molecule has 1 N–H and O–H groups in total. The Kier molecular flexibility index (Phi) is 6.58. The molecule has 1 aliphatic carbocycles. The number of carbonyl (C=O) groups excluding carboxylic acids is 3. The van der Waals surface area contributed by atoms with Crippen molar-refractivity contribution >= 4 is 17.9 Å². The molecule has 3 heterocycles. The molecule has 5 rings (SSSR count). The molecule has 4 fully saturated rings. The van der Waals surface area contributed by atoms with Crippen LogP contribution in [0.25, 0.3) is 0 Å². The predicted octanol–water partition coefficient (Wildman–Crippen LogP) is 2.72. The Morgan fingerprint density at radius 2 is 1.87 bits per heavy atom. The fraction of sp³-hybridized carbons (Fsp3) is 0.630. The zero-order valence-electron chi connectivity index (χ0n) is 22.0. The highest BCUT2D eigenvalue weighted by Crippen LogP contribution is 2.48. The number of fused-ring (bicyclic) bond motifs is 3. The molecule has 2 bridgehead atoms. The Bertz CT molecular complexity index is 1180. The van der Waals surface area contributed by atoms with Crippen LogP contribution < -0.4 is 5.32 Å². The SMILES string of the molecule is C[C@H](c1cc(F)cc(F)c1)N1C(=O)[C@H]2CC1CN2C[C@H](NC(=O)OC(C)(C)C)C(=O)N1[C@H](C#N)C[C@@H]2C[C@@H]21. The zero-order chi connectivity index (χ0) is 27.5. The van der Waals surface area contributed by atoms with E-state index in [1.807, 2.05) is 4.90 Å². The molecule has 1 aromatic rings. The summed E-state index contributed by atoms with van der Waals surface area (Å²) in [4.78, 5) is 44.8. The standard InChI is InChI=1S/C27H33F2N5O4/c1-14(15-5-17(28)9-18(29)6-15)33-20-10-23(25(33)36)32(12-20)13-21(31-26(37)38-27(2,3)4)24(35)34-19(11-30)7-16-8-22(16)34/h5-6,9,14,16,19-23H,7-8,10,12-13H2,1-4H3,(H,31,37)/t14-,16-,19+,20?,21+,22+,23-/m1/s1. The van der Waals surface area contributed by atoms with Gasteiger partial charge in [0, 0.05) is 31.2 Å². The number of piperazine rings is 1. The Hall–Kier alpha value is -3.26. The first kappa shape index (κ1) is 26.4. The summed E-state index contributed by atoms with van der Waals surface area (Å²) >= 11 is 0. The van der Waals surface area contributed by atoms with Gasteiger partial charge < -0.3 is 19.9 Å². The third-order valence-electron chi connectivity index (χ3n) is 8.01. The highest BCUT2D eigenvalue weighted by atomic mass is 19.1. The Morgan fingerprint density at radius 1 is 1.18 bits per heavy atom. The summed E-state index contributed by atoms with van der Waals surface area (Å²) in [7, 11) is 0. The second kappa shape index (κ2) is 9.49. The first-order chi connectivity index (χ1) is 17.9. The van der Waals surface area contributed by atoms with Crippen molar-refractivity contribution in [2.24, 2.45) is 5.92 Å². The van der Waals surface area contributed by atoms with Crippen LogP contribution in [0.2, 0.25) is 0 Å². The molecule has 0 aromatic heterocycles. The van der Waals surface area contributed by atoms with E-state index in [4.69, 9.17) is 4.74 Å². The number of likely N-dealkylation sites (tertiary alicyclic amines) is 3. The van der Waals surface area contributed by atoms with E-state index in [0.29, 0.717) is 30.9 Å². The van der Waals surface area contributed by atoms with Gasteiger partial charge in [0.1, 0.15) is 29.3 Å². The van der Waals surface area contributed by atoms with Crippen molar-refractivity contribution in [1.29, 1.82) is 5.26 Å². The average Bonchev–Trinajstić information content (AvgIpc) is 3.14. The summed E-state index contributed by atoms with van der Waals surface area (Å²) < 4.78 is 33.0. The third-order valence-corrected chi connectivity index (χ3v) is 8.01. The highest BCUT2D eigenvalue weighted by molar-refractivity contribution is 5.89. The monoisotopic (exact) mass is 529 g/mol. The number of amides is 3. The molecule has 7 atom stereocenters. The van der Waals surface area contributed by atoms with E-state index in [2.05, 4.69) is 11.4 Å². The Labute approximate surface area is 220 Å². The molecule has 1 aromatic carbocycles. The van der Waals surface area contributed by atoms with Crippen LogP contribution in [0.3, 0.4) is 0 Å². The van der Waals surface area contributed by atoms with Gasteiger partial charge in [-0.3, -0.25) is 14.5 Å². The number of nitriles is 1. The lowest BCUT2D eigenvalue weighted by Crippen LogP contribution is -2.59. The topological polar surface area (TPSA) is 106 Å². The normalized spacial score (nSPS) is 29.6. The maximum absolute atomic E-state index is 13.8. The molecular weight excluding hydrogens is 496 g/mol. The van der Waals surface area contributed by atoms with E-state index in [0.717, 1.165) is 12.5 Å². The first-order valence-corrected chi connectivity index (χ1v) is 13.1. The predicted molar refractivity (Wildman–Crippen MR) is 131 cm³/mol. The second-order valence-electron chi connectivity index (χ2n) is 11.9. The molecule has 38 heavy (non-hydrogen) atoms. The van der Waals surface area contributed by atoms with Gasteiger partial charge in [0.25, 0.3) is 0 Å². The van der Waals surface area contributed by atoms with E-state index in [9.17, 15) is 28.4 Å². The summed E-state index contributed by atoms with van der Waals surface area (Å²) in [5.41, 5.74) is -0.386. The maximum Gasteiger partial charge on any atom is 0.408 e. The molecule has 0 radical (unpaired) electrons. The lowest BCUT2D eigenvalue weighted by atomic mass is 10.0. The minimum Gasteiger partial charge on any atom is -0.444 e. The van der Waals surface area contributed by atoms with Crippen LogP contribution in [0.4, 0.5) is 13.6 Å². The van der Waals surface area contributed by atoms with Crippen molar-refractivity contribution in [3.8, 4) is 6.07 Å². The molecule has 3 aliphatic heterocycles. The number of piperidine rings is 1. The van der Waals surface area contributed by atoms with Gasteiger partial charge in [-0.2, -0.15) is 5.26 Å². The van der Waals surface area contributed by atoms with Gasteiger partial charge in [-0.25, -0.2) is 13.6 Å². The van der Waals surface area contributed by atoms with E-state index in [1.165, 1.54) is 12.1 Å². The number of benzene rings is 1. The summed E-state index contributed by atoms with van der Waals surface area (Å²) in [6.07, 6.45) is 1.26. The number of hydrogen-bond donors (Lipinski definition) is 1. The van der Waals surface area contributed by atoms with Crippen LogP contribution in [0.5, 0.6) is 0 Å². The van der Waals surface area contributed by atoms with Gasteiger partial charge >= 0.3 is 6.09 Å². The smallest absolute Gasteiger partial charge is 0.408 e. The molecule has 11 heteroatoms. The van der Waals surface area contributed by atoms with Crippen LogP contribution in [0, 0.1) is 28.9 Å². The van der Waals surface area contributed by atoms with Crippen molar-refractivity contribution in [2.75, 3.05) is 13.1 Å². The minimum atomic E-state index is -0.990. The van der Waals surface area contributed by atoms with E-state index in [-0.39, 0.29) is 30.4 Å². The number of nitrogens with zero attached hydrogens (tertiary/aromatic N) is 4. The summed E-state index contributed by atoms with van der Waals surface area (Å²) in [6, 6.07) is 2.72. The van der Waals surface area contributed by atoms with Crippen LogP contribution in [-0.2, 0) is 14.3 Å². The number of hydrogen-bond acceptors (Lipinski definition) is 6. The molecule has 0 spiro atoms. The fourth-order valence-electron chi connectivity index (χ4n) is 6.31.